The minimum atomic E-state index is -3.98. The van der Waals surface area contributed by atoms with Crippen molar-refractivity contribution in [3.05, 3.63) is 53.1 Å². The second-order valence-electron chi connectivity index (χ2n) is 7.90. The van der Waals surface area contributed by atoms with Crippen molar-refractivity contribution in [3.8, 4) is 5.75 Å². The molecule has 0 aliphatic carbocycles. The highest BCUT2D eigenvalue weighted by Crippen LogP contribution is 2.31. The average Bonchev–Trinajstić information content (AvgIpc) is 3.29. The molecule has 0 radical (unpaired) electrons. The molecule has 2 aromatic carbocycles. The highest BCUT2D eigenvalue weighted by Gasteiger charge is 2.27. The fourth-order valence-electron chi connectivity index (χ4n) is 3.69. The van der Waals surface area contributed by atoms with Crippen LogP contribution in [0, 0.1) is 6.92 Å². The van der Waals surface area contributed by atoms with Gasteiger partial charge in [-0.15, -0.1) is 0 Å². The van der Waals surface area contributed by atoms with Crippen molar-refractivity contribution in [2.24, 2.45) is 0 Å². The van der Waals surface area contributed by atoms with Crippen LogP contribution in [0.15, 0.2) is 47.4 Å². The van der Waals surface area contributed by atoms with Gasteiger partial charge in [0.25, 0.3) is 10.0 Å². The summed E-state index contributed by atoms with van der Waals surface area (Å²) in [5.74, 6) is 0.0588. The number of nitrogens with one attached hydrogen (secondary N) is 1. The first-order valence-electron chi connectivity index (χ1n) is 10.7. The van der Waals surface area contributed by atoms with Gasteiger partial charge in [-0.3, -0.25) is 9.10 Å². The Morgan fingerprint density at radius 1 is 1.16 bits per heavy atom. The van der Waals surface area contributed by atoms with Crippen LogP contribution < -0.4 is 14.4 Å². The van der Waals surface area contributed by atoms with E-state index < -0.39 is 10.0 Å². The van der Waals surface area contributed by atoms with Crippen molar-refractivity contribution in [1.82, 2.24) is 10.2 Å². The van der Waals surface area contributed by atoms with Crippen LogP contribution in [0.3, 0.4) is 0 Å². The number of hydrogen-bond acceptors (Lipinski definition) is 5. The van der Waals surface area contributed by atoms with Gasteiger partial charge in [0.15, 0.2) is 0 Å². The molecule has 1 aliphatic rings. The van der Waals surface area contributed by atoms with Gasteiger partial charge in [0.05, 0.1) is 22.7 Å². The average molecular weight is 480 g/mol. The molecule has 1 aliphatic heterocycles. The van der Waals surface area contributed by atoms with Crippen LogP contribution in [0.2, 0.25) is 5.02 Å². The van der Waals surface area contributed by atoms with Crippen LogP contribution in [0.5, 0.6) is 5.75 Å². The predicted molar refractivity (Wildman–Crippen MR) is 127 cm³/mol. The van der Waals surface area contributed by atoms with Crippen molar-refractivity contribution in [1.29, 1.82) is 0 Å². The van der Waals surface area contributed by atoms with E-state index in [-0.39, 0.29) is 22.4 Å². The molecular formula is C23H30ClN3O4S. The first-order chi connectivity index (χ1) is 15.3. The van der Waals surface area contributed by atoms with E-state index in [0.717, 1.165) is 35.9 Å². The van der Waals surface area contributed by atoms with Crippen molar-refractivity contribution >= 4 is 33.2 Å². The normalized spacial score (nSPS) is 14.3. The molecule has 1 amide bonds. The maximum absolute atomic E-state index is 13.4. The van der Waals surface area contributed by atoms with Gasteiger partial charge in [0.2, 0.25) is 5.91 Å². The molecule has 1 fully saturated rings. The number of amides is 1. The number of sulfonamides is 1. The summed E-state index contributed by atoms with van der Waals surface area (Å²) in [6.45, 7) is 5.18. The van der Waals surface area contributed by atoms with Gasteiger partial charge in [0.1, 0.15) is 12.3 Å². The molecule has 1 saturated heterocycles. The highest BCUT2D eigenvalue weighted by molar-refractivity contribution is 7.92. The molecule has 9 heteroatoms. The number of carbonyl (C=O) groups is 1. The number of carbonyl (C=O) groups excluding carboxylic acids is 1. The van der Waals surface area contributed by atoms with Crippen LogP contribution in [-0.2, 0) is 14.8 Å². The van der Waals surface area contributed by atoms with Gasteiger partial charge in [-0.05, 0) is 76.2 Å². The van der Waals surface area contributed by atoms with Gasteiger partial charge >= 0.3 is 0 Å². The highest BCUT2D eigenvalue weighted by atomic mass is 35.5. The van der Waals surface area contributed by atoms with Gasteiger partial charge in [-0.2, -0.15) is 0 Å². The van der Waals surface area contributed by atoms with Crippen LogP contribution in [0.25, 0.3) is 0 Å². The minimum absolute atomic E-state index is 0.108. The summed E-state index contributed by atoms with van der Waals surface area (Å²) >= 11 is 6.24. The van der Waals surface area contributed by atoms with Crippen molar-refractivity contribution < 1.29 is 17.9 Å². The third-order valence-electron chi connectivity index (χ3n) is 5.49. The van der Waals surface area contributed by atoms with Crippen molar-refractivity contribution in [3.63, 3.8) is 0 Å². The molecule has 0 aromatic heterocycles. The van der Waals surface area contributed by atoms with E-state index in [0.29, 0.717) is 18.0 Å². The lowest BCUT2D eigenvalue weighted by Gasteiger charge is -2.25. The lowest BCUT2D eigenvalue weighted by molar-refractivity contribution is -0.119. The lowest BCUT2D eigenvalue weighted by Crippen LogP contribution is -2.41. The standard InChI is InChI=1S/C23H30ClN3O4S/c1-18-6-9-20(10-7-18)32(29,30)27(19-8-11-22(31-2)21(24)16-19)17-23(28)25-12-5-15-26-13-3-4-14-26/h6-11,16H,3-5,12-15,17H2,1-2H3,(H,25,28). The predicted octanol–water partition coefficient (Wildman–Crippen LogP) is 3.45. The van der Waals surface area contributed by atoms with Gasteiger partial charge in [0, 0.05) is 6.54 Å². The number of rotatable bonds is 10. The van der Waals surface area contributed by atoms with E-state index in [2.05, 4.69) is 10.2 Å². The summed E-state index contributed by atoms with van der Waals surface area (Å²) in [4.78, 5) is 15.2. The molecule has 0 atom stereocenters. The fraction of sp³-hybridized carbons (Fsp3) is 0.435. The Labute approximate surface area is 195 Å². The topological polar surface area (TPSA) is 79.0 Å². The first kappa shape index (κ1) is 24.4. The Hall–Kier alpha value is -2.29. The molecule has 0 spiro atoms. The monoisotopic (exact) mass is 479 g/mol. The molecule has 2 aromatic rings. The Balaban J connectivity index is 1.76. The van der Waals surface area contributed by atoms with E-state index in [1.165, 1.54) is 38.2 Å². The molecule has 1 heterocycles. The molecule has 0 unspecified atom stereocenters. The summed E-state index contributed by atoms with van der Waals surface area (Å²) in [5.41, 5.74) is 1.24. The first-order valence-corrected chi connectivity index (χ1v) is 12.5. The van der Waals surface area contributed by atoms with Crippen molar-refractivity contribution in [2.45, 2.75) is 31.1 Å². The number of likely N-dealkylation sites (tertiary alicyclic amines) is 1. The van der Waals surface area contributed by atoms with Crippen LogP contribution in [0.1, 0.15) is 24.8 Å². The summed E-state index contributed by atoms with van der Waals surface area (Å²) in [6.07, 6.45) is 3.27. The largest absolute Gasteiger partial charge is 0.495 e. The zero-order valence-corrected chi connectivity index (χ0v) is 20.1. The summed E-state index contributed by atoms with van der Waals surface area (Å²) in [6, 6.07) is 11.2. The third kappa shape index (κ3) is 6.15. The number of methoxy groups -OCH3 is 1. The number of ether oxygens (including phenoxy) is 1. The van der Waals surface area contributed by atoms with E-state index in [9.17, 15) is 13.2 Å². The molecule has 32 heavy (non-hydrogen) atoms. The summed E-state index contributed by atoms with van der Waals surface area (Å²) in [5, 5.41) is 3.11. The Kier molecular flexibility index (Phi) is 8.39. The van der Waals surface area contributed by atoms with Gasteiger partial charge in [-0.25, -0.2) is 8.42 Å². The number of aryl methyl sites for hydroxylation is 1. The second-order valence-corrected chi connectivity index (χ2v) is 10.2. The van der Waals surface area contributed by atoms with Gasteiger partial charge in [-0.1, -0.05) is 29.3 Å². The SMILES string of the molecule is COc1ccc(N(CC(=O)NCCCN2CCCC2)S(=O)(=O)c2ccc(C)cc2)cc1Cl. The second kappa shape index (κ2) is 11.0. The Bertz CT molecular complexity index is 1020. The maximum atomic E-state index is 13.4. The molecule has 3 rings (SSSR count). The van der Waals surface area contributed by atoms with E-state index in [1.54, 1.807) is 24.3 Å². The molecule has 174 valence electrons. The number of nitrogens with zero attached hydrogens (tertiary/aromatic N) is 2. The molecule has 1 N–H and O–H groups in total. The van der Waals surface area contributed by atoms with Gasteiger partial charge < -0.3 is 15.0 Å². The number of benzene rings is 2. The fourth-order valence-corrected chi connectivity index (χ4v) is 5.35. The maximum Gasteiger partial charge on any atom is 0.264 e. The quantitative estimate of drug-likeness (QED) is 0.528. The van der Waals surface area contributed by atoms with Crippen LogP contribution in [0.4, 0.5) is 5.69 Å². The van der Waals surface area contributed by atoms with E-state index >= 15 is 0 Å². The smallest absolute Gasteiger partial charge is 0.264 e. The zero-order chi connectivity index (χ0) is 23.1. The van der Waals surface area contributed by atoms with Crippen molar-refractivity contribution in [2.75, 3.05) is 44.1 Å². The Morgan fingerprint density at radius 2 is 1.84 bits per heavy atom. The summed E-state index contributed by atoms with van der Waals surface area (Å²) in [7, 11) is -2.50. The minimum Gasteiger partial charge on any atom is -0.495 e. The van der Waals surface area contributed by atoms with E-state index in [4.69, 9.17) is 16.3 Å². The zero-order valence-electron chi connectivity index (χ0n) is 18.5. The summed E-state index contributed by atoms with van der Waals surface area (Å²) < 4.78 is 33.1. The third-order valence-corrected chi connectivity index (χ3v) is 7.57. The van der Waals surface area contributed by atoms with Crippen LogP contribution >= 0.6 is 11.6 Å². The molecule has 0 saturated carbocycles. The number of hydrogen-bond donors (Lipinski definition) is 1. The molecule has 7 nitrogen and oxygen atoms in total. The molecule has 0 bridgehead atoms. The number of anilines is 1. The molecular weight excluding hydrogens is 450 g/mol. The number of halogens is 1. The van der Waals surface area contributed by atoms with E-state index in [1.807, 2.05) is 6.92 Å². The van der Waals surface area contributed by atoms with Crippen LogP contribution in [-0.4, -0.2) is 59.1 Å². The lowest BCUT2D eigenvalue weighted by atomic mass is 10.2. The Morgan fingerprint density at radius 3 is 2.47 bits per heavy atom.